The number of amides is 1. The highest BCUT2D eigenvalue weighted by molar-refractivity contribution is 5.82. The monoisotopic (exact) mass is 389 g/mol. The van der Waals surface area contributed by atoms with E-state index in [9.17, 15) is 4.79 Å². The van der Waals surface area contributed by atoms with Gasteiger partial charge in [0.25, 0.3) is 0 Å². The van der Waals surface area contributed by atoms with E-state index in [0.29, 0.717) is 0 Å². The van der Waals surface area contributed by atoms with E-state index in [1.165, 1.54) is 0 Å². The molecule has 0 aromatic carbocycles. The fourth-order valence-corrected chi connectivity index (χ4v) is 4.30. The minimum absolute atomic E-state index is 0.0349. The first-order valence-corrected chi connectivity index (χ1v) is 9.98. The molecule has 3 aromatic heterocycles. The number of allylic oxidation sites excluding steroid dienone is 1. The van der Waals surface area contributed by atoms with Gasteiger partial charge in [-0.1, -0.05) is 12.2 Å². The predicted molar refractivity (Wildman–Crippen MR) is 109 cm³/mol. The highest BCUT2D eigenvalue weighted by Gasteiger charge is 2.42. The van der Waals surface area contributed by atoms with Gasteiger partial charge in [0.2, 0.25) is 11.9 Å². The lowest BCUT2D eigenvalue weighted by atomic mass is 10.00. The molecule has 5 heterocycles. The molecule has 2 fully saturated rings. The Kier molecular flexibility index (Phi) is 4.46. The van der Waals surface area contributed by atoms with Crippen LogP contribution in [0.15, 0.2) is 43.1 Å². The third kappa shape index (κ3) is 3.35. The summed E-state index contributed by atoms with van der Waals surface area (Å²) in [7, 11) is 0. The second-order valence-corrected chi connectivity index (χ2v) is 7.75. The first-order valence-electron chi connectivity index (χ1n) is 9.98. The first-order chi connectivity index (χ1) is 14.2. The summed E-state index contributed by atoms with van der Waals surface area (Å²) >= 11 is 0. The SMILES string of the molecule is Cc1cnc(N2CCN3C(=O)[C@@H](C/C=C\c4cccn5ncnc45)C[C@H]3C2)nc1. The molecule has 0 spiro atoms. The zero-order chi connectivity index (χ0) is 19.8. The largest absolute Gasteiger partial charge is 0.337 e. The summed E-state index contributed by atoms with van der Waals surface area (Å²) in [5.41, 5.74) is 2.89. The third-order valence-electron chi connectivity index (χ3n) is 5.77. The van der Waals surface area contributed by atoms with Gasteiger partial charge in [0, 0.05) is 49.7 Å². The maximum absolute atomic E-state index is 12.9. The highest BCUT2D eigenvalue weighted by atomic mass is 16.2. The van der Waals surface area contributed by atoms with Crippen molar-refractivity contribution < 1.29 is 4.79 Å². The molecule has 0 bridgehead atoms. The van der Waals surface area contributed by atoms with Crippen LogP contribution in [0.2, 0.25) is 0 Å². The number of aryl methyl sites for hydroxylation is 1. The van der Waals surface area contributed by atoms with Crippen molar-refractivity contribution in [3.05, 3.63) is 54.3 Å². The number of pyridine rings is 1. The second-order valence-electron chi connectivity index (χ2n) is 7.75. The van der Waals surface area contributed by atoms with Gasteiger partial charge in [-0.2, -0.15) is 5.10 Å². The van der Waals surface area contributed by atoms with E-state index in [1.54, 1.807) is 10.8 Å². The number of hydrogen-bond donors (Lipinski definition) is 0. The van der Waals surface area contributed by atoms with E-state index in [1.807, 2.05) is 48.6 Å². The summed E-state index contributed by atoms with van der Waals surface area (Å²) in [6.07, 6.45) is 12.9. The van der Waals surface area contributed by atoms with E-state index in [0.717, 1.165) is 55.2 Å². The molecule has 148 valence electrons. The Labute approximate surface area is 168 Å². The van der Waals surface area contributed by atoms with Gasteiger partial charge >= 0.3 is 0 Å². The van der Waals surface area contributed by atoms with Crippen molar-refractivity contribution >= 4 is 23.6 Å². The number of aromatic nitrogens is 5. The van der Waals surface area contributed by atoms with Crippen LogP contribution < -0.4 is 4.90 Å². The standard InChI is InChI=1S/C21H23N7O/c1-15-11-22-21(23-12-15)26-8-9-27-18(13-26)10-17(20(27)29)5-2-4-16-6-3-7-28-19(16)24-14-25-28/h2-4,6-7,11-12,14,17-18H,5,8-10,13H2,1H3/b4-2-/t17-,18-/m0/s1. The Morgan fingerprint density at radius 2 is 2.07 bits per heavy atom. The van der Waals surface area contributed by atoms with Gasteiger partial charge < -0.3 is 9.80 Å². The maximum atomic E-state index is 12.9. The van der Waals surface area contributed by atoms with Gasteiger partial charge in [-0.25, -0.2) is 19.5 Å². The van der Waals surface area contributed by atoms with Gasteiger partial charge in [-0.15, -0.1) is 0 Å². The molecule has 2 aliphatic rings. The Hall–Kier alpha value is -3.29. The number of hydrogen-bond acceptors (Lipinski definition) is 6. The molecule has 8 nitrogen and oxygen atoms in total. The van der Waals surface area contributed by atoms with E-state index in [2.05, 4.69) is 31.0 Å². The van der Waals surface area contributed by atoms with Gasteiger partial charge in [0.1, 0.15) is 6.33 Å². The van der Waals surface area contributed by atoms with Crippen LogP contribution in [0.3, 0.4) is 0 Å². The third-order valence-corrected chi connectivity index (χ3v) is 5.77. The van der Waals surface area contributed by atoms with Crippen LogP contribution in [0, 0.1) is 12.8 Å². The van der Waals surface area contributed by atoms with Crippen molar-refractivity contribution in [2.24, 2.45) is 5.92 Å². The molecule has 2 atom stereocenters. The lowest BCUT2D eigenvalue weighted by molar-refractivity contribution is -0.132. The maximum Gasteiger partial charge on any atom is 0.226 e. The zero-order valence-corrected chi connectivity index (χ0v) is 16.3. The number of fused-ring (bicyclic) bond motifs is 2. The molecular weight excluding hydrogens is 366 g/mol. The van der Waals surface area contributed by atoms with Gasteiger partial charge in [-0.05, 0) is 37.5 Å². The minimum atomic E-state index is 0.0349. The van der Waals surface area contributed by atoms with Crippen molar-refractivity contribution in [2.45, 2.75) is 25.8 Å². The number of nitrogens with zero attached hydrogens (tertiary/aromatic N) is 7. The smallest absolute Gasteiger partial charge is 0.226 e. The molecule has 0 aliphatic carbocycles. The van der Waals surface area contributed by atoms with Gasteiger partial charge in [0.05, 0.1) is 6.04 Å². The van der Waals surface area contributed by atoms with Crippen molar-refractivity contribution in [3.8, 4) is 0 Å². The summed E-state index contributed by atoms with van der Waals surface area (Å²) in [6.45, 7) is 4.30. The summed E-state index contributed by atoms with van der Waals surface area (Å²) in [6, 6.07) is 4.20. The van der Waals surface area contributed by atoms with Crippen LogP contribution >= 0.6 is 0 Å². The van der Waals surface area contributed by atoms with E-state index in [4.69, 9.17) is 0 Å². The van der Waals surface area contributed by atoms with Crippen molar-refractivity contribution in [3.63, 3.8) is 0 Å². The Bertz CT molecular complexity index is 1060. The molecule has 29 heavy (non-hydrogen) atoms. The van der Waals surface area contributed by atoms with E-state index >= 15 is 0 Å². The molecule has 0 radical (unpaired) electrons. The molecule has 2 aliphatic heterocycles. The van der Waals surface area contributed by atoms with Crippen LogP contribution in [0.1, 0.15) is 24.0 Å². The lowest BCUT2D eigenvalue weighted by Crippen LogP contribution is -2.52. The molecule has 0 unspecified atom stereocenters. The van der Waals surface area contributed by atoms with Crippen LogP contribution in [-0.2, 0) is 4.79 Å². The average Bonchev–Trinajstić information content (AvgIpc) is 3.34. The van der Waals surface area contributed by atoms with Crippen LogP contribution in [0.4, 0.5) is 5.95 Å². The van der Waals surface area contributed by atoms with Crippen molar-refractivity contribution in [1.82, 2.24) is 29.5 Å². The normalized spacial score (nSPS) is 22.0. The van der Waals surface area contributed by atoms with Crippen LogP contribution in [0.5, 0.6) is 0 Å². The molecule has 0 saturated carbocycles. The summed E-state index contributed by atoms with van der Waals surface area (Å²) in [5.74, 6) is 1.06. The summed E-state index contributed by atoms with van der Waals surface area (Å²) in [5, 5.41) is 4.16. The molecular formula is C21H23N7O. The molecule has 1 amide bonds. The molecule has 3 aromatic rings. The Balaban J connectivity index is 1.25. The van der Waals surface area contributed by atoms with Gasteiger partial charge in [-0.3, -0.25) is 4.79 Å². The molecule has 0 N–H and O–H groups in total. The summed E-state index contributed by atoms with van der Waals surface area (Å²) < 4.78 is 1.75. The van der Waals surface area contributed by atoms with Gasteiger partial charge in [0.15, 0.2) is 5.65 Å². The molecule has 5 rings (SSSR count). The number of piperazine rings is 1. The Morgan fingerprint density at radius 3 is 2.93 bits per heavy atom. The second kappa shape index (κ2) is 7.27. The van der Waals surface area contributed by atoms with E-state index in [-0.39, 0.29) is 17.9 Å². The molecule has 8 heteroatoms. The number of rotatable bonds is 4. The first kappa shape index (κ1) is 17.8. The molecule has 2 saturated heterocycles. The fourth-order valence-electron chi connectivity index (χ4n) is 4.30. The fraction of sp³-hybridized carbons (Fsp3) is 0.381. The number of anilines is 1. The topological polar surface area (TPSA) is 79.5 Å². The average molecular weight is 389 g/mol. The lowest BCUT2D eigenvalue weighted by Gasteiger charge is -2.37. The zero-order valence-electron chi connectivity index (χ0n) is 16.3. The summed E-state index contributed by atoms with van der Waals surface area (Å²) in [4.78, 5) is 30.3. The Morgan fingerprint density at radius 1 is 1.21 bits per heavy atom. The van der Waals surface area contributed by atoms with Crippen molar-refractivity contribution in [1.29, 1.82) is 0 Å². The minimum Gasteiger partial charge on any atom is -0.337 e. The quantitative estimate of drug-likeness (QED) is 0.679. The predicted octanol–water partition coefficient (Wildman–Crippen LogP) is 1.97. The van der Waals surface area contributed by atoms with Crippen LogP contribution in [-0.4, -0.2) is 61.0 Å². The highest BCUT2D eigenvalue weighted by Crippen LogP contribution is 2.31. The van der Waals surface area contributed by atoms with E-state index < -0.39 is 0 Å². The number of carbonyl (C=O) groups excluding carboxylic acids is 1. The van der Waals surface area contributed by atoms with Crippen molar-refractivity contribution in [2.75, 3.05) is 24.5 Å². The van der Waals surface area contributed by atoms with Crippen LogP contribution in [0.25, 0.3) is 11.7 Å². The number of carbonyl (C=O) groups is 1.